The van der Waals surface area contributed by atoms with Gasteiger partial charge in [-0.15, -0.1) is 0 Å². The van der Waals surface area contributed by atoms with Gasteiger partial charge in [0.1, 0.15) is 0 Å². The molecule has 2 atom stereocenters. The lowest BCUT2D eigenvalue weighted by molar-refractivity contribution is 0.203. The van der Waals surface area contributed by atoms with Crippen molar-refractivity contribution in [3.63, 3.8) is 0 Å². The van der Waals surface area contributed by atoms with E-state index in [2.05, 4.69) is 54.8 Å². The standard InChI is InChI=1S/C17H26N2/c1-13(2)15-6-4-7-16(10-15)19-12-17-8-5-9-18(17)11-14(19)3/h4,6-7,10,13-14,17H,5,8-9,11-12H2,1-3H3. The van der Waals surface area contributed by atoms with Gasteiger partial charge in [-0.1, -0.05) is 26.0 Å². The number of nitrogens with zero attached hydrogens (tertiary/aromatic N) is 2. The van der Waals surface area contributed by atoms with Crippen LogP contribution in [0.4, 0.5) is 5.69 Å². The SMILES string of the molecule is CC(C)c1cccc(N2CC3CCCN3CC2C)c1. The summed E-state index contributed by atoms with van der Waals surface area (Å²) in [6.07, 6.45) is 2.77. The van der Waals surface area contributed by atoms with E-state index in [1.54, 1.807) is 0 Å². The summed E-state index contributed by atoms with van der Waals surface area (Å²) in [6.45, 7) is 10.7. The minimum Gasteiger partial charge on any atom is -0.366 e. The summed E-state index contributed by atoms with van der Waals surface area (Å²) >= 11 is 0. The van der Waals surface area contributed by atoms with E-state index < -0.39 is 0 Å². The predicted molar refractivity (Wildman–Crippen MR) is 81.9 cm³/mol. The molecule has 2 unspecified atom stereocenters. The number of fused-ring (bicyclic) bond motifs is 1. The third-order valence-corrected chi connectivity index (χ3v) is 4.81. The van der Waals surface area contributed by atoms with Crippen LogP contribution in [0.25, 0.3) is 0 Å². The average molecular weight is 258 g/mol. The Hall–Kier alpha value is -1.02. The highest BCUT2D eigenvalue weighted by Gasteiger charge is 2.34. The van der Waals surface area contributed by atoms with Crippen molar-refractivity contribution in [2.75, 3.05) is 24.5 Å². The molecule has 0 saturated carbocycles. The van der Waals surface area contributed by atoms with Gasteiger partial charge in [0.25, 0.3) is 0 Å². The van der Waals surface area contributed by atoms with Crippen LogP contribution in [0.3, 0.4) is 0 Å². The van der Waals surface area contributed by atoms with Crippen molar-refractivity contribution < 1.29 is 0 Å². The maximum atomic E-state index is 2.69. The Kier molecular flexibility index (Phi) is 3.53. The second-order valence-electron chi connectivity index (χ2n) is 6.54. The number of benzene rings is 1. The monoisotopic (exact) mass is 258 g/mol. The van der Waals surface area contributed by atoms with Crippen LogP contribution >= 0.6 is 0 Å². The number of anilines is 1. The molecule has 0 bridgehead atoms. The minimum absolute atomic E-state index is 0.614. The van der Waals surface area contributed by atoms with E-state index in [4.69, 9.17) is 0 Å². The third-order valence-electron chi connectivity index (χ3n) is 4.81. The highest BCUT2D eigenvalue weighted by molar-refractivity contribution is 5.51. The molecular weight excluding hydrogens is 232 g/mol. The minimum atomic E-state index is 0.614. The van der Waals surface area contributed by atoms with Crippen LogP contribution in [0.1, 0.15) is 45.1 Å². The molecule has 1 aromatic rings. The van der Waals surface area contributed by atoms with Gasteiger partial charge in [0, 0.05) is 30.9 Å². The van der Waals surface area contributed by atoms with Crippen molar-refractivity contribution in [3.05, 3.63) is 29.8 Å². The van der Waals surface area contributed by atoms with Gasteiger partial charge in [-0.25, -0.2) is 0 Å². The molecule has 0 aromatic heterocycles. The maximum Gasteiger partial charge on any atom is 0.0389 e. The van der Waals surface area contributed by atoms with E-state index in [1.807, 2.05) is 0 Å². The van der Waals surface area contributed by atoms with Crippen molar-refractivity contribution in [2.45, 2.75) is 51.6 Å². The molecule has 3 rings (SSSR count). The zero-order valence-electron chi connectivity index (χ0n) is 12.5. The highest BCUT2D eigenvalue weighted by atomic mass is 15.3. The Morgan fingerprint density at radius 3 is 2.84 bits per heavy atom. The first-order valence-corrected chi connectivity index (χ1v) is 7.76. The molecule has 19 heavy (non-hydrogen) atoms. The second-order valence-corrected chi connectivity index (χ2v) is 6.54. The number of piperazine rings is 1. The Bertz CT molecular complexity index is 441. The van der Waals surface area contributed by atoms with Gasteiger partial charge in [-0.2, -0.15) is 0 Å². The number of rotatable bonds is 2. The van der Waals surface area contributed by atoms with E-state index in [-0.39, 0.29) is 0 Å². The number of hydrogen-bond acceptors (Lipinski definition) is 2. The molecule has 2 fully saturated rings. The molecule has 2 heteroatoms. The van der Waals surface area contributed by atoms with Crippen molar-refractivity contribution in [1.29, 1.82) is 0 Å². The largest absolute Gasteiger partial charge is 0.366 e. The van der Waals surface area contributed by atoms with Crippen LogP contribution < -0.4 is 4.90 Å². The zero-order chi connectivity index (χ0) is 13.4. The van der Waals surface area contributed by atoms with Crippen molar-refractivity contribution >= 4 is 5.69 Å². The lowest BCUT2D eigenvalue weighted by atomic mass is 10.0. The molecule has 2 aliphatic heterocycles. The summed E-state index contributed by atoms with van der Waals surface area (Å²) in [6, 6.07) is 10.6. The fourth-order valence-electron chi connectivity index (χ4n) is 3.61. The fourth-order valence-corrected chi connectivity index (χ4v) is 3.61. The summed E-state index contributed by atoms with van der Waals surface area (Å²) in [5, 5.41) is 0. The first kappa shape index (κ1) is 13.0. The smallest absolute Gasteiger partial charge is 0.0389 e. The average Bonchev–Trinajstić information content (AvgIpc) is 2.85. The molecule has 0 aliphatic carbocycles. The Morgan fingerprint density at radius 2 is 2.05 bits per heavy atom. The lowest BCUT2D eigenvalue weighted by Gasteiger charge is -2.43. The number of hydrogen-bond donors (Lipinski definition) is 0. The normalized spacial score (nSPS) is 27.9. The fraction of sp³-hybridized carbons (Fsp3) is 0.647. The Labute approximate surface area is 117 Å². The molecule has 0 N–H and O–H groups in total. The summed E-state index contributed by atoms with van der Waals surface area (Å²) < 4.78 is 0. The van der Waals surface area contributed by atoms with E-state index in [0.29, 0.717) is 12.0 Å². The van der Waals surface area contributed by atoms with Gasteiger partial charge in [0.15, 0.2) is 0 Å². The molecule has 0 spiro atoms. The van der Waals surface area contributed by atoms with Crippen LogP contribution in [0.2, 0.25) is 0 Å². The molecule has 2 saturated heterocycles. The van der Waals surface area contributed by atoms with Crippen LogP contribution in [0.15, 0.2) is 24.3 Å². The summed E-state index contributed by atoms with van der Waals surface area (Å²) in [4.78, 5) is 5.31. The summed E-state index contributed by atoms with van der Waals surface area (Å²) in [7, 11) is 0. The molecule has 0 radical (unpaired) electrons. The quantitative estimate of drug-likeness (QED) is 0.801. The first-order valence-electron chi connectivity index (χ1n) is 7.76. The van der Waals surface area contributed by atoms with Crippen molar-refractivity contribution in [1.82, 2.24) is 4.90 Å². The Balaban J connectivity index is 1.82. The van der Waals surface area contributed by atoms with Crippen LogP contribution in [0, 0.1) is 0 Å². The van der Waals surface area contributed by atoms with Crippen molar-refractivity contribution in [3.8, 4) is 0 Å². The van der Waals surface area contributed by atoms with E-state index in [9.17, 15) is 0 Å². The topological polar surface area (TPSA) is 6.48 Å². The summed E-state index contributed by atoms with van der Waals surface area (Å²) in [5.74, 6) is 0.614. The molecule has 2 aliphatic rings. The van der Waals surface area contributed by atoms with Crippen LogP contribution in [-0.2, 0) is 0 Å². The van der Waals surface area contributed by atoms with Gasteiger partial charge in [-0.05, 0) is 49.9 Å². The molecule has 104 valence electrons. The molecular formula is C17H26N2. The second kappa shape index (κ2) is 5.16. The maximum absolute atomic E-state index is 2.69. The van der Waals surface area contributed by atoms with Gasteiger partial charge in [-0.3, -0.25) is 4.90 Å². The third kappa shape index (κ3) is 2.51. The molecule has 2 heterocycles. The van der Waals surface area contributed by atoms with Gasteiger partial charge in [0.2, 0.25) is 0 Å². The van der Waals surface area contributed by atoms with Crippen LogP contribution in [0.5, 0.6) is 0 Å². The molecule has 0 amide bonds. The van der Waals surface area contributed by atoms with Gasteiger partial charge >= 0.3 is 0 Å². The van der Waals surface area contributed by atoms with Crippen molar-refractivity contribution in [2.24, 2.45) is 0 Å². The highest BCUT2D eigenvalue weighted by Crippen LogP contribution is 2.30. The van der Waals surface area contributed by atoms with E-state index >= 15 is 0 Å². The molecule has 2 nitrogen and oxygen atoms in total. The van der Waals surface area contributed by atoms with E-state index in [1.165, 1.54) is 43.7 Å². The predicted octanol–water partition coefficient (Wildman–Crippen LogP) is 3.48. The van der Waals surface area contributed by atoms with Gasteiger partial charge in [0.05, 0.1) is 0 Å². The first-order chi connectivity index (χ1) is 9.15. The summed E-state index contributed by atoms with van der Waals surface area (Å²) in [5.41, 5.74) is 2.88. The van der Waals surface area contributed by atoms with E-state index in [0.717, 1.165) is 6.04 Å². The Morgan fingerprint density at radius 1 is 1.21 bits per heavy atom. The zero-order valence-corrected chi connectivity index (χ0v) is 12.5. The van der Waals surface area contributed by atoms with Crippen LogP contribution in [-0.4, -0.2) is 36.6 Å². The van der Waals surface area contributed by atoms with Gasteiger partial charge < -0.3 is 4.90 Å². The molecule has 1 aromatic carbocycles. The lowest BCUT2D eigenvalue weighted by Crippen LogP contribution is -2.55.